The van der Waals surface area contributed by atoms with E-state index in [1.54, 1.807) is 12.1 Å². The number of hydrogen-bond donors (Lipinski definition) is 0. The van der Waals surface area contributed by atoms with Gasteiger partial charge in [0.25, 0.3) is 0 Å². The summed E-state index contributed by atoms with van der Waals surface area (Å²) in [5.74, 6) is 0. The van der Waals surface area contributed by atoms with E-state index in [2.05, 4.69) is 67.0 Å². The van der Waals surface area contributed by atoms with Crippen LogP contribution in [0.15, 0.2) is 99.7 Å². The number of unbranched alkanes of at least 4 members (excludes halogenated alkanes) is 3. The fourth-order valence-electron chi connectivity index (χ4n) is 5.18. The molecule has 0 saturated carbocycles. The Morgan fingerprint density at radius 2 is 1.49 bits per heavy atom. The molecule has 0 N–H and O–H groups in total. The van der Waals surface area contributed by atoms with E-state index in [0.717, 1.165) is 54.1 Å². The molecule has 0 amide bonds. The number of nitriles is 2. The van der Waals surface area contributed by atoms with Crippen LogP contribution in [-0.4, -0.2) is 19.6 Å². The summed E-state index contributed by atoms with van der Waals surface area (Å²) in [5, 5.41) is 20.1. The number of fused-ring (bicyclic) bond motifs is 1. The van der Waals surface area contributed by atoms with E-state index in [9.17, 15) is 15.3 Å². The first-order valence-electron chi connectivity index (χ1n) is 15.0. The molecule has 0 fully saturated rings. The fourth-order valence-corrected chi connectivity index (χ4v) is 5.18. The summed E-state index contributed by atoms with van der Waals surface area (Å²) < 4.78 is 5.70. The lowest BCUT2D eigenvalue weighted by atomic mass is 9.99. The van der Waals surface area contributed by atoms with Crippen molar-refractivity contribution in [2.75, 3.05) is 29.4 Å². The second-order valence-electron chi connectivity index (χ2n) is 10.3. The van der Waals surface area contributed by atoms with E-state index < -0.39 is 5.63 Å². The molecule has 4 aromatic rings. The number of benzene rings is 3. The van der Waals surface area contributed by atoms with Gasteiger partial charge in [-0.3, -0.25) is 0 Å². The first-order chi connectivity index (χ1) is 21.0. The fraction of sp³-hybridized carbons (Fsp3) is 0.270. The first-order valence-corrected chi connectivity index (χ1v) is 15.0. The van der Waals surface area contributed by atoms with Gasteiger partial charge in [0.15, 0.2) is 0 Å². The molecule has 43 heavy (non-hydrogen) atoms. The molecule has 1 heterocycles. The third-order valence-corrected chi connectivity index (χ3v) is 7.58. The molecule has 0 radical (unpaired) electrons. The van der Waals surface area contributed by atoms with Crippen LogP contribution in [-0.2, 0) is 0 Å². The van der Waals surface area contributed by atoms with Crippen molar-refractivity contribution in [1.82, 2.24) is 0 Å². The van der Waals surface area contributed by atoms with Crippen molar-refractivity contribution in [1.29, 1.82) is 10.5 Å². The van der Waals surface area contributed by atoms with E-state index >= 15 is 0 Å². The monoisotopic (exact) mass is 570 g/mol. The van der Waals surface area contributed by atoms with Crippen LogP contribution in [0.2, 0.25) is 0 Å². The molecular weight excluding hydrogens is 532 g/mol. The van der Waals surface area contributed by atoms with Crippen LogP contribution in [0, 0.1) is 22.7 Å². The highest BCUT2D eigenvalue weighted by molar-refractivity contribution is 5.90. The van der Waals surface area contributed by atoms with Crippen LogP contribution >= 0.6 is 0 Å². The van der Waals surface area contributed by atoms with E-state index in [1.165, 1.54) is 19.3 Å². The summed E-state index contributed by atoms with van der Waals surface area (Å²) in [4.78, 5) is 17.6. The summed E-state index contributed by atoms with van der Waals surface area (Å²) in [5.41, 5.74) is 4.21. The zero-order valence-electron chi connectivity index (χ0n) is 25.2. The Labute approximate surface area is 254 Å². The van der Waals surface area contributed by atoms with Crippen LogP contribution in [0.25, 0.3) is 22.6 Å². The minimum Gasteiger partial charge on any atom is -0.422 e. The molecule has 0 atom stereocenters. The third-order valence-electron chi connectivity index (χ3n) is 7.58. The van der Waals surface area contributed by atoms with Crippen LogP contribution < -0.4 is 15.4 Å². The SMILES string of the molecule is CCCCCCN(c1ccccc1)c1ccc(/C=C/C(=C(C#N)C#N)c2cc3ccc(N(CC)CC)cc3oc2=O)cc1. The van der Waals surface area contributed by atoms with Crippen molar-refractivity contribution in [2.24, 2.45) is 0 Å². The Morgan fingerprint density at radius 3 is 2.14 bits per heavy atom. The first kappa shape index (κ1) is 30.9. The summed E-state index contributed by atoms with van der Waals surface area (Å²) in [6.07, 6.45) is 8.18. The number of allylic oxidation sites excluding steroid dienone is 3. The van der Waals surface area contributed by atoms with Gasteiger partial charge in [-0.15, -0.1) is 0 Å². The highest BCUT2D eigenvalue weighted by atomic mass is 16.4. The van der Waals surface area contributed by atoms with E-state index in [0.29, 0.717) is 5.58 Å². The molecular formula is C37H38N4O2. The maximum Gasteiger partial charge on any atom is 0.344 e. The predicted molar refractivity (Wildman–Crippen MR) is 177 cm³/mol. The smallest absolute Gasteiger partial charge is 0.344 e. The zero-order valence-corrected chi connectivity index (χ0v) is 25.2. The van der Waals surface area contributed by atoms with Crippen molar-refractivity contribution >= 4 is 39.7 Å². The highest BCUT2D eigenvalue weighted by Gasteiger charge is 2.15. The number of hydrogen-bond acceptors (Lipinski definition) is 6. The van der Waals surface area contributed by atoms with Crippen molar-refractivity contribution in [3.63, 3.8) is 0 Å². The summed E-state index contributed by atoms with van der Waals surface area (Å²) >= 11 is 0. The minimum atomic E-state index is -0.594. The van der Waals surface area contributed by atoms with E-state index in [1.807, 2.05) is 54.6 Å². The molecule has 6 nitrogen and oxygen atoms in total. The molecule has 0 saturated heterocycles. The van der Waals surface area contributed by atoms with Crippen LogP contribution in [0.1, 0.15) is 57.6 Å². The number of anilines is 3. The van der Waals surface area contributed by atoms with Gasteiger partial charge >= 0.3 is 5.63 Å². The minimum absolute atomic E-state index is 0.151. The standard InChI is InChI=1S/C37H38N4O2/c1-4-7-8-12-23-41(31-13-10-9-11-14-31)32-19-15-28(16-20-32)17-22-34(30(26-38)27-39)35-24-29-18-21-33(40(5-2)6-3)25-36(29)43-37(35)42/h9-11,13-22,24-25H,4-8,12,23H2,1-3H3/b22-17+. The quantitative estimate of drug-likeness (QED) is 0.0691. The zero-order chi connectivity index (χ0) is 30.6. The number of nitrogens with zero attached hydrogens (tertiary/aromatic N) is 4. The molecule has 0 aliphatic heterocycles. The largest absolute Gasteiger partial charge is 0.422 e. The van der Waals surface area contributed by atoms with Crippen molar-refractivity contribution in [2.45, 2.75) is 46.5 Å². The number of para-hydroxylation sites is 1. The molecule has 0 unspecified atom stereocenters. The lowest BCUT2D eigenvalue weighted by Gasteiger charge is -2.25. The molecule has 4 rings (SSSR count). The Bertz CT molecular complexity index is 1700. The third kappa shape index (κ3) is 7.61. The van der Waals surface area contributed by atoms with Crippen LogP contribution in [0.3, 0.4) is 0 Å². The average molecular weight is 571 g/mol. The summed E-state index contributed by atoms with van der Waals surface area (Å²) in [7, 11) is 0. The predicted octanol–water partition coefficient (Wildman–Crippen LogP) is 8.87. The van der Waals surface area contributed by atoms with Gasteiger partial charge in [0.1, 0.15) is 23.3 Å². The van der Waals surface area contributed by atoms with Crippen LogP contribution in [0.4, 0.5) is 17.1 Å². The summed E-state index contributed by atoms with van der Waals surface area (Å²) in [6.45, 7) is 8.95. The van der Waals surface area contributed by atoms with Gasteiger partial charge in [-0.1, -0.05) is 68.7 Å². The molecule has 0 bridgehead atoms. The summed E-state index contributed by atoms with van der Waals surface area (Å²) in [6, 6.07) is 29.8. The molecule has 0 aliphatic carbocycles. The van der Waals surface area contributed by atoms with E-state index in [-0.39, 0.29) is 16.7 Å². The Hall–Kier alpha value is -5.07. The van der Waals surface area contributed by atoms with Gasteiger partial charge in [0.05, 0.1) is 5.56 Å². The van der Waals surface area contributed by atoms with Crippen LogP contribution in [0.5, 0.6) is 0 Å². The second-order valence-corrected chi connectivity index (χ2v) is 10.3. The molecule has 1 aromatic heterocycles. The van der Waals surface area contributed by atoms with Gasteiger partial charge in [0.2, 0.25) is 0 Å². The Kier molecular flexibility index (Phi) is 10.9. The molecule has 0 spiro atoms. The highest BCUT2D eigenvalue weighted by Crippen LogP contribution is 2.28. The lowest BCUT2D eigenvalue weighted by molar-refractivity contribution is 0.558. The van der Waals surface area contributed by atoms with Gasteiger partial charge in [-0.25, -0.2) is 4.79 Å². The van der Waals surface area contributed by atoms with Gasteiger partial charge in [0, 0.05) is 53.7 Å². The maximum absolute atomic E-state index is 13.2. The van der Waals surface area contributed by atoms with Crippen molar-refractivity contribution in [3.8, 4) is 12.1 Å². The Morgan fingerprint density at radius 1 is 0.814 bits per heavy atom. The molecule has 218 valence electrons. The maximum atomic E-state index is 13.2. The topological polar surface area (TPSA) is 84.3 Å². The van der Waals surface area contributed by atoms with Crippen molar-refractivity contribution in [3.05, 3.63) is 112 Å². The molecule has 0 aliphatic rings. The van der Waals surface area contributed by atoms with Gasteiger partial charge in [-0.05, 0) is 68.3 Å². The Balaban J connectivity index is 1.65. The average Bonchev–Trinajstić information content (AvgIpc) is 3.04. The normalized spacial score (nSPS) is 10.8. The van der Waals surface area contributed by atoms with Crippen molar-refractivity contribution < 1.29 is 4.42 Å². The second kappa shape index (κ2) is 15.2. The molecule has 6 heteroatoms. The van der Waals surface area contributed by atoms with E-state index in [4.69, 9.17) is 4.42 Å². The molecule has 3 aromatic carbocycles. The number of rotatable bonds is 13. The van der Waals surface area contributed by atoms with Gasteiger partial charge < -0.3 is 14.2 Å². The lowest BCUT2D eigenvalue weighted by Crippen LogP contribution is -2.21. The van der Waals surface area contributed by atoms with Gasteiger partial charge in [-0.2, -0.15) is 10.5 Å².